The Bertz CT molecular complexity index is 893. The lowest BCUT2D eigenvalue weighted by atomic mass is 9.99. The van der Waals surface area contributed by atoms with E-state index in [0.29, 0.717) is 19.7 Å². The summed E-state index contributed by atoms with van der Waals surface area (Å²) in [5.74, 6) is -3.68. The van der Waals surface area contributed by atoms with Crippen LogP contribution in [0.4, 0.5) is 8.78 Å². The molecule has 1 N–H and O–H groups in total. The highest BCUT2D eigenvalue weighted by atomic mass is 19.3. The monoisotopic (exact) mass is 415 g/mol. The molecule has 8 heteroatoms. The molecule has 4 rings (SSSR count). The number of carbonyl (C=O) groups excluding carboxylic acids is 1. The molecule has 2 atom stereocenters. The summed E-state index contributed by atoms with van der Waals surface area (Å²) in [5, 5.41) is 3.60. The van der Waals surface area contributed by atoms with E-state index in [-0.39, 0.29) is 11.5 Å². The molecule has 2 aromatic rings. The maximum absolute atomic E-state index is 14.6. The van der Waals surface area contributed by atoms with Crippen molar-refractivity contribution in [2.75, 3.05) is 19.7 Å². The molecule has 2 aliphatic rings. The Morgan fingerprint density at radius 2 is 1.87 bits per heavy atom. The van der Waals surface area contributed by atoms with Crippen LogP contribution in [0.2, 0.25) is 0 Å². The Morgan fingerprint density at radius 1 is 1.17 bits per heavy atom. The molecule has 2 unspecified atom stereocenters. The highest BCUT2D eigenvalue weighted by Gasteiger charge is 2.46. The van der Waals surface area contributed by atoms with E-state index in [2.05, 4.69) is 10.5 Å². The quantitative estimate of drug-likeness (QED) is 0.786. The van der Waals surface area contributed by atoms with Crippen molar-refractivity contribution in [1.29, 1.82) is 0 Å². The molecule has 6 nitrogen and oxygen atoms in total. The van der Waals surface area contributed by atoms with Crippen LogP contribution in [-0.2, 0) is 15.5 Å². The first-order chi connectivity index (χ1) is 14.5. The number of benzene rings is 2. The molecule has 30 heavy (non-hydrogen) atoms. The third-order valence-corrected chi connectivity index (χ3v) is 5.20. The molecule has 0 spiro atoms. The van der Waals surface area contributed by atoms with E-state index >= 15 is 0 Å². The highest BCUT2D eigenvalue weighted by Crippen LogP contribution is 2.32. The van der Waals surface area contributed by atoms with E-state index < -0.39 is 24.0 Å². The summed E-state index contributed by atoms with van der Waals surface area (Å²) in [6.07, 6.45) is 0.502. The van der Waals surface area contributed by atoms with Crippen molar-refractivity contribution in [3.8, 4) is 5.75 Å². The second kappa shape index (κ2) is 8.69. The lowest BCUT2D eigenvalue weighted by Gasteiger charge is -2.33. The smallest absolute Gasteiger partial charge is 0.348 e. The minimum Gasteiger partial charge on any atom is -0.493 e. The van der Waals surface area contributed by atoms with Gasteiger partial charge in [0.05, 0.1) is 6.61 Å². The Morgan fingerprint density at radius 3 is 2.60 bits per heavy atom. The Kier molecular flexibility index (Phi) is 5.83. The number of piperidine rings is 1. The van der Waals surface area contributed by atoms with Crippen molar-refractivity contribution in [3.05, 3.63) is 66.2 Å². The second-order valence-electron chi connectivity index (χ2n) is 7.40. The predicted octanol–water partition coefficient (Wildman–Crippen LogP) is 3.36. The summed E-state index contributed by atoms with van der Waals surface area (Å²) in [5.41, 5.74) is 2.17. The van der Waals surface area contributed by atoms with Crippen LogP contribution in [0.3, 0.4) is 0 Å². The van der Waals surface area contributed by atoms with Gasteiger partial charge in [0, 0.05) is 24.6 Å². The average Bonchev–Trinajstić information content (AvgIpc) is 3.30. The molecular weight excluding hydrogens is 392 g/mol. The fourth-order valence-electron chi connectivity index (χ4n) is 3.60. The minimum absolute atomic E-state index is 0.162. The Hall–Kier alpha value is -3.16. The van der Waals surface area contributed by atoms with Crippen LogP contribution in [0.15, 0.2) is 65.8 Å². The van der Waals surface area contributed by atoms with Crippen LogP contribution < -0.4 is 10.2 Å². The van der Waals surface area contributed by atoms with E-state index in [1.54, 1.807) is 11.0 Å². The van der Waals surface area contributed by atoms with Crippen LogP contribution in [0.5, 0.6) is 5.75 Å². The van der Waals surface area contributed by atoms with E-state index in [1.165, 1.54) is 24.3 Å². The van der Waals surface area contributed by atoms with Gasteiger partial charge in [-0.1, -0.05) is 48.5 Å². The second-order valence-corrected chi connectivity index (χ2v) is 7.40. The molecule has 0 radical (unpaired) electrons. The molecule has 1 saturated heterocycles. The van der Waals surface area contributed by atoms with Gasteiger partial charge in [-0.05, 0) is 25.0 Å². The van der Waals surface area contributed by atoms with Crippen LogP contribution >= 0.6 is 0 Å². The van der Waals surface area contributed by atoms with Gasteiger partial charge in [0.25, 0.3) is 18.0 Å². The number of rotatable bonds is 6. The van der Waals surface area contributed by atoms with Gasteiger partial charge in [-0.3, -0.25) is 10.2 Å². The molecule has 0 saturated carbocycles. The van der Waals surface area contributed by atoms with Crippen molar-refractivity contribution in [2.24, 2.45) is 11.0 Å². The van der Waals surface area contributed by atoms with Crippen LogP contribution in [0, 0.1) is 5.92 Å². The van der Waals surface area contributed by atoms with Crippen molar-refractivity contribution in [2.45, 2.75) is 25.0 Å². The Labute approximate surface area is 173 Å². The van der Waals surface area contributed by atoms with E-state index in [0.717, 1.165) is 18.6 Å². The zero-order valence-corrected chi connectivity index (χ0v) is 16.3. The number of para-hydroxylation sites is 1. The zero-order valence-electron chi connectivity index (χ0n) is 16.3. The van der Waals surface area contributed by atoms with Gasteiger partial charge in [-0.25, -0.2) is 0 Å². The Balaban J connectivity index is 1.32. The number of hydrazone groups is 1. The first-order valence-corrected chi connectivity index (χ1v) is 9.94. The molecule has 1 amide bonds. The highest BCUT2D eigenvalue weighted by molar-refractivity contribution is 5.91. The number of nitrogens with zero attached hydrogens (tertiary/aromatic N) is 2. The zero-order chi connectivity index (χ0) is 21.0. The maximum Gasteiger partial charge on any atom is 0.348 e. The van der Waals surface area contributed by atoms with E-state index in [9.17, 15) is 13.6 Å². The van der Waals surface area contributed by atoms with Crippen molar-refractivity contribution in [1.82, 2.24) is 10.3 Å². The van der Waals surface area contributed by atoms with Crippen molar-refractivity contribution >= 4 is 11.8 Å². The van der Waals surface area contributed by atoms with Crippen molar-refractivity contribution in [3.63, 3.8) is 0 Å². The van der Waals surface area contributed by atoms with Gasteiger partial charge in [0.15, 0.2) is 0 Å². The van der Waals surface area contributed by atoms with Gasteiger partial charge in [0.2, 0.25) is 0 Å². The maximum atomic E-state index is 14.6. The normalized spacial score (nSPS) is 21.4. The summed E-state index contributed by atoms with van der Waals surface area (Å²) in [6, 6.07) is 16.7. The summed E-state index contributed by atoms with van der Waals surface area (Å²) in [4.78, 5) is 14.4. The number of carbonyl (C=O) groups is 1. The number of ether oxygens (including phenoxy) is 2. The molecule has 1 fully saturated rings. The molecule has 0 aliphatic carbocycles. The summed E-state index contributed by atoms with van der Waals surface area (Å²) in [7, 11) is 0. The van der Waals surface area contributed by atoms with Crippen LogP contribution in [0.1, 0.15) is 18.4 Å². The fourth-order valence-corrected chi connectivity index (χ4v) is 3.60. The van der Waals surface area contributed by atoms with Gasteiger partial charge in [0.1, 0.15) is 5.75 Å². The average molecular weight is 415 g/mol. The number of alkyl halides is 2. The van der Waals surface area contributed by atoms with E-state index in [1.807, 2.05) is 30.3 Å². The molecule has 158 valence electrons. The van der Waals surface area contributed by atoms with Gasteiger partial charge < -0.3 is 14.4 Å². The third kappa shape index (κ3) is 4.37. The number of halogens is 2. The third-order valence-electron chi connectivity index (χ3n) is 5.20. The standard InChI is InChI=1S/C22H23F2N3O3/c23-22(24,17-9-3-1-4-10-17)21-26-25-19(30-21)20(28)27-13-7-8-16(14-27)15-29-18-11-5-2-6-12-18/h1-6,9-12,16,19,25H,7-8,13-15H2. The molecule has 2 aliphatic heterocycles. The topological polar surface area (TPSA) is 63.2 Å². The van der Waals surface area contributed by atoms with Crippen LogP contribution in [-0.4, -0.2) is 42.6 Å². The summed E-state index contributed by atoms with van der Waals surface area (Å²) < 4.78 is 40.3. The van der Waals surface area contributed by atoms with Gasteiger partial charge in [-0.15, -0.1) is 5.10 Å². The number of amides is 1. The first-order valence-electron chi connectivity index (χ1n) is 9.94. The lowest BCUT2D eigenvalue weighted by molar-refractivity contribution is -0.142. The number of nitrogens with one attached hydrogen (secondary N) is 1. The number of hydrogen-bond donors (Lipinski definition) is 1. The molecule has 0 aromatic heterocycles. The number of likely N-dealkylation sites (tertiary alicyclic amines) is 1. The number of hydrogen-bond acceptors (Lipinski definition) is 5. The summed E-state index contributed by atoms with van der Waals surface area (Å²) >= 11 is 0. The SMILES string of the molecule is O=C(C1NN=C(C(F)(F)c2ccccc2)O1)N1CCCC(COc2ccccc2)C1. The summed E-state index contributed by atoms with van der Waals surface area (Å²) in [6.45, 7) is 1.52. The van der Waals surface area contributed by atoms with Crippen LogP contribution in [0.25, 0.3) is 0 Å². The predicted molar refractivity (Wildman–Crippen MR) is 107 cm³/mol. The molecule has 2 aromatic carbocycles. The minimum atomic E-state index is -3.42. The first kappa shape index (κ1) is 20.1. The largest absolute Gasteiger partial charge is 0.493 e. The fraction of sp³-hybridized carbons (Fsp3) is 0.364. The molecule has 2 heterocycles. The van der Waals surface area contributed by atoms with Gasteiger partial charge >= 0.3 is 5.92 Å². The molecule has 0 bridgehead atoms. The van der Waals surface area contributed by atoms with Gasteiger partial charge in [-0.2, -0.15) is 8.78 Å². The lowest BCUT2D eigenvalue weighted by Crippen LogP contribution is -2.49. The van der Waals surface area contributed by atoms with E-state index in [4.69, 9.17) is 9.47 Å². The van der Waals surface area contributed by atoms with Crippen molar-refractivity contribution < 1.29 is 23.0 Å². The molecular formula is C22H23F2N3O3.